The van der Waals surface area contributed by atoms with Crippen molar-refractivity contribution in [3.63, 3.8) is 0 Å². The zero-order valence-electron chi connectivity index (χ0n) is 10.6. The topological polar surface area (TPSA) is 34.5 Å². The molecule has 0 N–H and O–H groups in total. The molecule has 0 spiro atoms. The van der Waals surface area contributed by atoms with E-state index in [1.54, 1.807) is 13.3 Å². The van der Waals surface area contributed by atoms with Crippen LogP contribution in [0.15, 0.2) is 47.6 Å². The first-order valence-electron chi connectivity index (χ1n) is 5.87. The van der Waals surface area contributed by atoms with Gasteiger partial charge in [0.2, 0.25) is 0 Å². The first-order chi connectivity index (χ1) is 8.81. The third-order valence-electron chi connectivity index (χ3n) is 2.67. The van der Waals surface area contributed by atoms with Gasteiger partial charge >= 0.3 is 0 Å². The Morgan fingerprint density at radius 2 is 2.11 bits per heavy atom. The number of aliphatic imine (C=N–C) groups is 1. The summed E-state index contributed by atoms with van der Waals surface area (Å²) in [5, 5.41) is 0. The summed E-state index contributed by atoms with van der Waals surface area (Å²) in [4.78, 5) is 8.73. The van der Waals surface area contributed by atoms with Crippen LogP contribution in [0.1, 0.15) is 11.3 Å². The van der Waals surface area contributed by atoms with Gasteiger partial charge in [-0.15, -0.1) is 0 Å². The number of methoxy groups -OCH3 is 1. The molecule has 0 radical (unpaired) electrons. The lowest BCUT2D eigenvalue weighted by molar-refractivity contribution is 0.416. The van der Waals surface area contributed by atoms with E-state index in [0.717, 1.165) is 29.1 Å². The van der Waals surface area contributed by atoms with Gasteiger partial charge in [0.15, 0.2) is 0 Å². The third kappa shape index (κ3) is 2.94. The molecule has 0 bridgehead atoms. The highest BCUT2D eigenvalue weighted by Gasteiger charge is 2.02. The summed E-state index contributed by atoms with van der Waals surface area (Å²) in [6, 6.07) is 11.8. The van der Waals surface area contributed by atoms with Crippen molar-refractivity contribution < 1.29 is 4.74 Å². The van der Waals surface area contributed by atoms with Crippen LogP contribution in [0, 0.1) is 6.92 Å². The molecule has 0 unspecified atom stereocenters. The summed E-state index contributed by atoms with van der Waals surface area (Å²) in [5.74, 6) is 0.798. The van der Waals surface area contributed by atoms with E-state index >= 15 is 0 Å². The number of nitrogens with zero attached hydrogens (tertiary/aromatic N) is 2. The van der Waals surface area contributed by atoms with E-state index in [1.165, 1.54) is 0 Å². The molecule has 0 aliphatic heterocycles. The summed E-state index contributed by atoms with van der Waals surface area (Å²) in [6.07, 6.45) is 4.38. The minimum Gasteiger partial charge on any atom is -0.494 e. The zero-order chi connectivity index (χ0) is 12.8. The standard InChI is InChI=1S/C15H16N2O/c1-12-6-5-8-14(18-2)15(12)17-11-9-13-7-3-4-10-16-13/h3-8,10-11H,9H2,1-2H3. The van der Waals surface area contributed by atoms with Gasteiger partial charge in [0.1, 0.15) is 11.4 Å². The molecule has 0 aliphatic carbocycles. The fraction of sp³-hybridized carbons (Fsp3) is 0.200. The van der Waals surface area contributed by atoms with Crippen LogP contribution in [0.3, 0.4) is 0 Å². The fourth-order valence-corrected chi connectivity index (χ4v) is 1.71. The minimum absolute atomic E-state index is 0.721. The van der Waals surface area contributed by atoms with Crippen molar-refractivity contribution in [3.05, 3.63) is 53.9 Å². The van der Waals surface area contributed by atoms with Crippen LogP contribution < -0.4 is 4.74 Å². The number of hydrogen-bond acceptors (Lipinski definition) is 3. The van der Waals surface area contributed by atoms with Crippen molar-refractivity contribution in [1.82, 2.24) is 4.98 Å². The lowest BCUT2D eigenvalue weighted by atomic mass is 10.2. The Bertz CT molecular complexity index is 535. The van der Waals surface area contributed by atoms with Crippen LogP contribution >= 0.6 is 0 Å². The molecule has 0 aliphatic rings. The molecule has 2 aromatic rings. The number of pyridine rings is 1. The Hall–Kier alpha value is -2.16. The highest BCUT2D eigenvalue weighted by molar-refractivity contribution is 5.70. The SMILES string of the molecule is COc1cccc(C)c1N=CCc1ccccn1. The lowest BCUT2D eigenvalue weighted by Gasteiger charge is -2.06. The Labute approximate surface area is 107 Å². The largest absolute Gasteiger partial charge is 0.494 e. The molecule has 0 fully saturated rings. The van der Waals surface area contributed by atoms with Crippen molar-refractivity contribution in [3.8, 4) is 5.75 Å². The van der Waals surface area contributed by atoms with Crippen LogP contribution in [-0.2, 0) is 6.42 Å². The Morgan fingerprint density at radius 3 is 2.83 bits per heavy atom. The lowest BCUT2D eigenvalue weighted by Crippen LogP contribution is -1.90. The fourth-order valence-electron chi connectivity index (χ4n) is 1.71. The number of aromatic nitrogens is 1. The molecule has 0 saturated heterocycles. The van der Waals surface area contributed by atoms with E-state index in [2.05, 4.69) is 9.98 Å². The van der Waals surface area contributed by atoms with Crippen LogP contribution in [0.2, 0.25) is 0 Å². The first kappa shape index (κ1) is 12.3. The van der Waals surface area contributed by atoms with E-state index in [-0.39, 0.29) is 0 Å². The molecule has 3 heteroatoms. The molecular formula is C15H16N2O. The van der Waals surface area contributed by atoms with Gasteiger partial charge in [-0.1, -0.05) is 18.2 Å². The molecule has 1 aromatic carbocycles. The molecule has 1 heterocycles. The van der Waals surface area contributed by atoms with Gasteiger partial charge in [-0.2, -0.15) is 0 Å². The molecule has 0 atom stereocenters. The number of rotatable bonds is 4. The first-order valence-corrected chi connectivity index (χ1v) is 5.87. The van der Waals surface area contributed by atoms with Crippen LogP contribution in [0.25, 0.3) is 0 Å². The maximum atomic E-state index is 5.30. The van der Waals surface area contributed by atoms with E-state index in [0.29, 0.717) is 0 Å². The molecule has 1 aromatic heterocycles. The van der Waals surface area contributed by atoms with Gasteiger partial charge < -0.3 is 4.74 Å². The van der Waals surface area contributed by atoms with Crippen molar-refractivity contribution in [2.24, 2.45) is 4.99 Å². The average molecular weight is 240 g/mol. The van der Waals surface area contributed by atoms with Crippen molar-refractivity contribution >= 4 is 11.9 Å². The summed E-state index contributed by atoms with van der Waals surface area (Å²) in [5.41, 5.74) is 3.00. The second-order valence-electron chi connectivity index (χ2n) is 3.96. The molecular weight excluding hydrogens is 224 g/mol. The molecule has 0 amide bonds. The monoisotopic (exact) mass is 240 g/mol. The second-order valence-corrected chi connectivity index (χ2v) is 3.96. The Morgan fingerprint density at radius 1 is 1.22 bits per heavy atom. The molecule has 2 rings (SSSR count). The van der Waals surface area contributed by atoms with Gasteiger partial charge in [-0.05, 0) is 30.7 Å². The summed E-state index contributed by atoms with van der Waals surface area (Å²) >= 11 is 0. The van der Waals surface area contributed by atoms with Gasteiger partial charge in [-0.3, -0.25) is 9.98 Å². The summed E-state index contributed by atoms with van der Waals surface area (Å²) < 4.78 is 5.30. The maximum absolute atomic E-state index is 5.30. The predicted octanol–water partition coefficient (Wildman–Crippen LogP) is 3.34. The maximum Gasteiger partial charge on any atom is 0.144 e. The molecule has 92 valence electrons. The Balaban J connectivity index is 2.14. The van der Waals surface area contributed by atoms with E-state index in [1.807, 2.05) is 49.5 Å². The number of benzene rings is 1. The number of hydrogen-bond donors (Lipinski definition) is 0. The van der Waals surface area contributed by atoms with Crippen molar-refractivity contribution in [2.75, 3.05) is 7.11 Å². The van der Waals surface area contributed by atoms with Crippen LogP contribution in [0.4, 0.5) is 5.69 Å². The quantitative estimate of drug-likeness (QED) is 0.768. The van der Waals surface area contributed by atoms with E-state index in [9.17, 15) is 0 Å². The van der Waals surface area contributed by atoms with Gasteiger partial charge in [0.25, 0.3) is 0 Å². The van der Waals surface area contributed by atoms with Gasteiger partial charge in [0, 0.05) is 24.5 Å². The van der Waals surface area contributed by atoms with E-state index < -0.39 is 0 Å². The normalized spacial score (nSPS) is 10.8. The zero-order valence-corrected chi connectivity index (χ0v) is 10.6. The smallest absolute Gasteiger partial charge is 0.144 e. The van der Waals surface area contributed by atoms with Crippen molar-refractivity contribution in [1.29, 1.82) is 0 Å². The molecule has 3 nitrogen and oxygen atoms in total. The van der Waals surface area contributed by atoms with Gasteiger partial charge in [0.05, 0.1) is 7.11 Å². The second kappa shape index (κ2) is 5.96. The molecule has 0 saturated carbocycles. The van der Waals surface area contributed by atoms with Crippen LogP contribution in [-0.4, -0.2) is 18.3 Å². The Kier molecular flexibility index (Phi) is 4.07. The highest BCUT2D eigenvalue weighted by atomic mass is 16.5. The average Bonchev–Trinajstić information content (AvgIpc) is 2.41. The van der Waals surface area contributed by atoms with Crippen LogP contribution in [0.5, 0.6) is 5.75 Å². The summed E-state index contributed by atoms with van der Waals surface area (Å²) in [6.45, 7) is 2.02. The van der Waals surface area contributed by atoms with E-state index in [4.69, 9.17) is 4.74 Å². The minimum atomic E-state index is 0.721. The number of para-hydroxylation sites is 1. The van der Waals surface area contributed by atoms with Crippen molar-refractivity contribution in [2.45, 2.75) is 13.3 Å². The predicted molar refractivity (Wildman–Crippen MR) is 73.8 cm³/mol. The molecule has 18 heavy (non-hydrogen) atoms. The number of aryl methyl sites for hydroxylation is 1. The summed E-state index contributed by atoms with van der Waals surface area (Å²) in [7, 11) is 1.66. The van der Waals surface area contributed by atoms with Gasteiger partial charge in [-0.25, -0.2) is 0 Å². The highest BCUT2D eigenvalue weighted by Crippen LogP contribution is 2.30. The third-order valence-corrected chi connectivity index (χ3v) is 2.67. The number of ether oxygens (including phenoxy) is 1.